The summed E-state index contributed by atoms with van der Waals surface area (Å²) >= 11 is 0. The van der Waals surface area contributed by atoms with Crippen molar-refractivity contribution in [3.05, 3.63) is 90.0 Å². The number of H-pyrrole nitrogens is 1. The van der Waals surface area contributed by atoms with Crippen LogP contribution in [0.15, 0.2) is 61.9 Å². The molecule has 4 heterocycles. The molecule has 1 N–H and O–H groups in total. The molecular weight excluding hydrogens is 456 g/mol. The van der Waals surface area contributed by atoms with Gasteiger partial charge in [0.05, 0.1) is 30.0 Å². The Morgan fingerprint density at radius 1 is 0.800 bits per heavy atom. The highest BCUT2D eigenvalue weighted by Gasteiger charge is 2.14. The quantitative estimate of drug-likeness (QED) is 0.367. The minimum absolute atomic E-state index is 0.0345. The SMILES string of the molecule is Cn1c(=O)n(C)c2c(=O)[nH]ncc21.Cn1c(=O)n(C)c2c(=O)n(COCc3ccccc3)ncc21. The Bertz CT molecular complexity index is 1750. The van der Waals surface area contributed by atoms with Crippen molar-refractivity contribution >= 4 is 22.1 Å². The van der Waals surface area contributed by atoms with E-state index in [1.165, 1.54) is 35.3 Å². The summed E-state index contributed by atoms with van der Waals surface area (Å²) in [6.45, 7) is 0.424. The number of benzene rings is 1. The van der Waals surface area contributed by atoms with Crippen LogP contribution < -0.4 is 22.5 Å². The number of hydrogen-bond donors (Lipinski definition) is 1. The number of fused-ring (bicyclic) bond motifs is 2. The minimum Gasteiger partial charge on any atom is -0.354 e. The molecule has 0 spiro atoms. The molecule has 0 bridgehead atoms. The first-order chi connectivity index (χ1) is 16.7. The molecule has 5 aromatic rings. The van der Waals surface area contributed by atoms with E-state index in [9.17, 15) is 19.2 Å². The molecule has 4 aromatic heterocycles. The highest BCUT2D eigenvalue weighted by molar-refractivity contribution is 5.74. The normalized spacial score (nSPS) is 11.1. The van der Waals surface area contributed by atoms with Gasteiger partial charge in [0.15, 0.2) is 0 Å². The van der Waals surface area contributed by atoms with Crippen LogP contribution in [0.25, 0.3) is 22.1 Å². The van der Waals surface area contributed by atoms with Crippen LogP contribution >= 0.6 is 0 Å². The van der Waals surface area contributed by atoms with Crippen molar-refractivity contribution in [3.63, 3.8) is 0 Å². The van der Waals surface area contributed by atoms with Crippen molar-refractivity contribution in [2.75, 3.05) is 0 Å². The predicted octanol–water partition coefficient (Wildman–Crippen LogP) is -0.432. The fourth-order valence-corrected chi connectivity index (χ4v) is 3.75. The smallest absolute Gasteiger partial charge is 0.328 e. The molecule has 35 heavy (non-hydrogen) atoms. The number of rotatable bonds is 4. The van der Waals surface area contributed by atoms with Crippen LogP contribution in [-0.4, -0.2) is 38.2 Å². The molecule has 0 atom stereocenters. The average molecular weight is 480 g/mol. The topological polar surface area (TPSA) is 144 Å². The zero-order valence-electron chi connectivity index (χ0n) is 19.6. The Morgan fingerprint density at radius 2 is 1.40 bits per heavy atom. The van der Waals surface area contributed by atoms with E-state index in [1.54, 1.807) is 28.2 Å². The van der Waals surface area contributed by atoms with E-state index in [0.717, 1.165) is 5.56 Å². The molecule has 0 aliphatic heterocycles. The van der Waals surface area contributed by atoms with Gasteiger partial charge in [0.25, 0.3) is 11.1 Å². The van der Waals surface area contributed by atoms with Gasteiger partial charge in [0.1, 0.15) is 17.8 Å². The molecular formula is C22H24N8O5. The van der Waals surface area contributed by atoms with Crippen LogP contribution in [0.5, 0.6) is 0 Å². The fraction of sp³-hybridized carbons (Fsp3) is 0.273. The molecule has 0 aliphatic rings. The summed E-state index contributed by atoms with van der Waals surface area (Å²) in [5, 5.41) is 9.95. The lowest BCUT2D eigenvalue weighted by molar-refractivity contribution is 0.0532. The molecule has 13 heteroatoms. The van der Waals surface area contributed by atoms with Crippen molar-refractivity contribution in [2.24, 2.45) is 28.2 Å². The van der Waals surface area contributed by atoms with Gasteiger partial charge < -0.3 is 4.74 Å². The summed E-state index contributed by atoms with van der Waals surface area (Å²) in [4.78, 5) is 46.9. The van der Waals surface area contributed by atoms with E-state index in [-0.39, 0.29) is 29.2 Å². The summed E-state index contributed by atoms with van der Waals surface area (Å²) in [5.74, 6) is 0. The fourth-order valence-electron chi connectivity index (χ4n) is 3.75. The van der Waals surface area contributed by atoms with E-state index in [0.29, 0.717) is 28.7 Å². The molecule has 5 rings (SSSR count). The lowest BCUT2D eigenvalue weighted by Gasteiger charge is -2.06. The summed E-state index contributed by atoms with van der Waals surface area (Å²) < 4.78 is 12.1. The zero-order valence-corrected chi connectivity index (χ0v) is 19.6. The third-order valence-electron chi connectivity index (χ3n) is 5.68. The average Bonchev–Trinajstić information content (AvgIpc) is 3.22. The molecule has 0 unspecified atom stereocenters. The highest BCUT2D eigenvalue weighted by atomic mass is 16.5. The van der Waals surface area contributed by atoms with Gasteiger partial charge >= 0.3 is 11.4 Å². The van der Waals surface area contributed by atoms with Crippen molar-refractivity contribution in [1.82, 2.24) is 38.2 Å². The lowest BCUT2D eigenvalue weighted by Crippen LogP contribution is -2.26. The molecule has 0 radical (unpaired) electrons. The molecule has 13 nitrogen and oxygen atoms in total. The van der Waals surface area contributed by atoms with E-state index < -0.39 is 0 Å². The number of nitrogens with one attached hydrogen (secondary N) is 1. The maximum atomic E-state index is 12.4. The number of ether oxygens (including phenoxy) is 1. The number of aromatic amines is 1. The number of aromatic nitrogens is 8. The molecule has 0 saturated carbocycles. The summed E-state index contributed by atoms with van der Waals surface area (Å²) in [6.07, 6.45) is 2.96. The van der Waals surface area contributed by atoms with Gasteiger partial charge in [0.2, 0.25) is 0 Å². The lowest BCUT2D eigenvalue weighted by atomic mass is 10.2. The van der Waals surface area contributed by atoms with E-state index in [4.69, 9.17) is 4.74 Å². The van der Waals surface area contributed by atoms with Crippen molar-refractivity contribution in [3.8, 4) is 0 Å². The first kappa shape index (κ1) is 23.6. The van der Waals surface area contributed by atoms with Gasteiger partial charge in [0, 0.05) is 28.2 Å². The molecule has 0 amide bonds. The van der Waals surface area contributed by atoms with Gasteiger partial charge in [-0.15, -0.1) is 0 Å². The van der Waals surface area contributed by atoms with Crippen molar-refractivity contribution < 1.29 is 4.74 Å². The van der Waals surface area contributed by atoms with Crippen LogP contribution in [-0.2, 0) is 46.3 Å². The molecule has 0 saturated heterocycles. The standard InChI is InChI=1S/C15H16N4O3.C7H8N4O2/c1-17-12-8-16-19(14(20)13(12)18(2)15(17)21)10-22-9-11-6-4-3-5-7-11;1-10-4-3-8-9-6(12)5(4)11(2)7(10)13/h3-8H,9-10H2,1-2H3;3H,1-2H3,(H,9,12). The number of hydrogen-bond acceptors (Lipinski definition) is 7. The Hall–Kier alpha value is -4.52. The van der Waals surface area contributed by atoms with Gasteiger partial charge in [-0.1, -0.05) is 30.3 Å². The van der Waals surface area contributed by atoms with Gasteiger partial charge in [-0.05, 0) is 5.56 Å². The van der Waals surface area contributed by atoms with Crippen LogP contribution in [0.3, 0.4) is 0 Å². The van der Waals surface area contributed by atoms with E-state index in [1.807, 2.05) is 30.3 Å². The summed E-state index contributed by atoms with van der Waals surface area (Å²) in [7, 11) is 6.34. The van der Waals surface area contributed by atoms with Crippen molar-refractivity contribution in [2.45, 2.75) is 13.3 Å². The molecule has 182 valence electrons. The van der Waals surface area contributed by atoms with Crippen LogP contribution in [0.1, 0.15) is 5.56 Å². The maximum absolute atomic E-state index is 12.4. The van der Waals surface area contributed by atoms with Crippen LogP contribution in [0.4, 0.5) is 0 Å². The van der Waals surface area contributed by atoms with Gasteiger partial charge in [-0.25, -0.2) is 19.4 Å². The second-order valence-corrected chi connectivity index (χ2v) is 7.88. The van der Waals surface area contributed by atoms with Crippen molar-refractivity contribution in [1.29, 1.82) is 0 Å². The Kier molecular flexibility index (Phi) is 6.34. The Morgan fingerprint density at radius 3 is 2.03 bits per heavy atom. The van der Waals surface area contributed by atoms with Crippen LogP contribution in [0, 0.1) is 0 Å². The maximum Gasteiger partial charge on any atom is 0.328 e. The summed E-state index contributed by atoms with van der Waals surface area (Å²) in [5.41, 5.74) is 1.57. The number of aryl methyl sites for hydroxylation is 4. The third-order valence-corrected chi connectivity index (χ3v) is 5.68. The third kappa shape index (κ3) is 4.24. The second-order valence-electron chi connectivity index (χ2n) is 7.88. The number of imidazole rings is 2. The molecule has 0 aliphatic carbocycles. The predicted molar refractivity (Wildman–Crippen MR) is 128 cm³/mol. The number of nitrogens with zero attached hydrogens (tertiary/aromatic N) is 7. The Labute approximate surface area is 197 Å². The highest BCUT2D eigenvalue weighted by Crippen LogP contribution is 2.05. The second kappa shape index (κ2) is 9.38. The van der Waals surface area contributed by atoms with Crippen LogP contribution in [0.2, 0.25) is 0 Å². The molecule has 1 aromatic carbocycles. The monoisotopic (exact) mass is 480 g/mol. The zero-order chi connectivity index (χ0) is 25.3. The van der Waals surface area contributed by atoms with E-state index >= 15 is 0 Å². The minimum atomic E-state index is -0.349. The largest absolute Gasteiger partial charge is 0.354 e. The summed E-state index contributed by atoms with van der Waals surface area (Å²) in [6, 6.07) is 9.67. The van der Waals surface area contributed by atoms with Gasteiger partial charge in [-0.3, -0.25) is 27.9 Å². The van der Waals surface area contributed by atoms with E-state index in [2.05, 4.69) is 15.3 Å². The first-order valence-electron chi connectivity index (χ1n) is 10.5. The van der Waals surface area contributed by atoms with Gasteiger partial charge in [-0.2, -0.15) is 10.2 Å². The molecule has 0 fully saturated rings. The first-order valence-corrected chi connectivity index (χ1v) is 10.5. The Balaban J connectivity index is 0.000000189.